The van der Waals surface area contributed by atoms with E-state index >= 15 is 0 Å². The summed E-state index contributed by atoms with van der Waals surface area (Å²) in [5.41, 5.74) is 5.00. The van der Waals surface area contributed by atoms with Crippen molar-refractivity contribution < 1.29 is 22.7 Å². The molecule has 1 heterocycles. The first-order valence-electron chi connectivity index (χ1n) is 10.6. The van der Waals surface area contributed by atoms with Gasteiger partial charge in [-0.05, 0) is 44.2 Å². The summed E-state index contributed by atoms with van der Waals surface area (Å²) < 4.78 is 37.6. The highest BCUT2D eigenvalue weighted by Crippen LogP contribution is 2.27. The van der Waals surface area contributed by atoms with E-state index in [9.17, 15) is 13.2 Å². The molecule has 0 radical (unpaired) electrons. The van der Waals surface area contributed by atoms with Crippen LogP contribution in [0.1, 0.15) is 18.1 Å². The van der Waals surface area contributed by atoms with Crippen molar-refractivity contribution in [2.75, 3.05) is 46.9 Å². The molecule has 10 heteroatoms. The maximum atomic E-state index is 12.8. The zero-order chi connectivity index (χ0) is 24.0. The maximum Gasteiger partial charge on any atom is 0.254 e. The molecule has 0 unspecified atom stereocenters. The Labute approximate surface area is 195 Å². The summed E-state index contributed by atoms with van der Waals surface area (Å²) in [6.07, 6.45) is 0. The summed E-state index contributed by atoms with van der Waals surface area (Å²) >= 11 is 0. The Morgan fingerprint density at radius 2 is 1.64 bits per heavy atom. The number of sulfonamides is 1. The fourth-order valence-corrected chi connectivity index (χ4v) is 4.92. The van der Waals surface area contributed by atoms with Crippen LogP contribution < -0.4 is 14.9 Å². The van der Waals surface area contributed by atoms with Gasteiger partial charge in [0, 0.05) is 31.7 Å². The number of carbonyl (C=O) groups excluding carboxylic acids is 1. The zero-order valence-electron chi connectivity index (χ0n) is 19.4. The van der Waals surface area contributed by atoms with Gasteiger partial charge in [-0.1, -0.05) is 17.7 Å². The average molecular weight is 475 g/mol. The molecule has 0 bridgehead atoms. The highest BCUT2D eigenvalue weighted by atomic mass is 32.2. The quantitative estimate of drug-likeness (QED) is 0.463. The lowest BCUT2D eigenvalue weighted by Crippen LogP contribution is -2.50. The van der Waals surface area contributed by atoms with Crippen molar-refractivity contribution in [3.63, 3.8) is 0 Å². The van der Waals surface area contributed by atoms with E-state index in [1.165, 1.54) is 4.31 Å². The van der Waals surface area contributed by atoms with Crippen LogP contribution in [-0.2, 0) is 14.8 Å². The van der Waals surface area contributed by atoms with Crippen LogP contribution in [0, 0.1) is 6.92 Å². The van der Waals surface area contributed by atoms with Gasteiger partial charge in [-0.2, -0.15) is 9.41 Å². The van der Waals surface area contributed by atoms with Crippen LogP contribution in [-0.4, -0.2) is 76.2 Å². The van der Waals surface area contributed by atoms with Crippen molar-refractivity contribution in [1.29, 1.82) is 0 Å². The monoisotopic (exact) mass is 474 g/mol. The third-order valence-electron chi connectivity index (χ3n) is 5.51. The number of amides is 1. The van der Waals surface area contributed by atoms with Crippen molar-refractivity contribution in [2.24, 2.45) is 5.10 Å². The molecule has 9 nitrogen and oxygen atoms in total. The van der Waals surface area contributed by atoms with E-state index in [0.717, 1.165) is 11.1 Å². The van der Waals surface area contributed by atoms with Crippen LogP contribution in [0.2, 0.25) is 0 Å². The molecule has 0 atom stereocenters. The molecule has 0 spiro atoms. The number of nitrogens with zero attached hydrogens (tertiary/aromatic N) is 3. The second-order valence-corrected chi connectivity index (χ2v) is 9.73. The molecule has 1 aliphatic heterocycles. The van der Waals surface area contributed by atoms with Crippen molar-refractivity contribution in [3.8, 4) is 11.5 Å². The van der Waals surface area contributed by atoms with E-state index in [4.69, 9.17) is 9.47 Å². The fourth-order valence-electron chi connectivity index (χ4n) is 3.50. The Morgan fingerprint density at radius 1 is 1.00 bits per heavy atom. The molecule has 1 N–H and O–H groups in total. The van der Waals surface area contributed by atoms with Gasteiger partial charge < -0.3 is 9.47 Å². The van der Waals surface area contributed by atoms with Gasteiger partial charge in [0.15, 0.2) is 11.5 Å². The first kappa shape index (κ1) is 24.7. The van der Waals surface area contributed by atoms with Crippen molar-refractivity contribution >= 4 is 21.6 Å². The third kappa shape index (κ3) is 6.10. The van der Waals surface area contributed by atoms with Crippen LogP contribution in [0.3, 0.4) is 0 Å². The van der Waals surface area contributed by atoms with Gasteiger partial charge in [0.2, 0.25) is 10.0 Å². The number of carbonyl (C=O) groups is 1. The van der Waals surface area contributed by atoms with Gasteiger partial charge in [-0.3, -0.25) is 9.69 Å². The van der Waals surface area contributed by atoms with Gasteiger partial charge >= 0.3 is 0 Å². The Hall–Kier alpha value is -2.95. The Bertz CT molecular complexity index is 1110. The maximum absolute atomic E-state index is 12.8. The van der Waals surface area contributed by atoms with Gasteiger partial charge in [0.05, 0.1) is 31.4 Å². The Morgan fingerprint density at radius 3 is 2.24 bits per heavy atom. The first-order chi connectivity index (χ1) is 15.7. The number of methoxy groups -OCH3 is 2. The van der Waals surface area contributed by atoms with E-state index < -0.39 is 10.0 Å². The van der Waals surface area contributed by atoms with E-state index in [-0.39, 0.29) is 12.5 Å². The van der Waals surface area contributed by atoms with E-state index in [1.807, 2.05) is 17.9 Å². The number of piperazine rings is 1. The smallest absolute Gasteiger partial charge is 0.254 e. The summed E-state index contributed by atoms with van der Waals surface area (Å²) in [6.45, 7) is 5.44. The molecule has 1 aliphatic rings. The van der Waals surface area contributed by atoms with Gasteiger partial charge in [0.1, 0.15) is 0 Å². The summed E-state index contributed by atoms with van der Waals surface area (Å²) in [7, 11) is -0.405. The van der Waals surface area contributed by atoms with Gasteiger partial charge in [-0.25, -0.2) is 13.8 Å². The summed E-state index contributed by atoms with van der Waals surface area (Å²) in [6, 6.07) is 12.2. The lowest BCUT2D eigenvalue weighted by Gasteiger charge is -2.33. The van der Waals surface area contributed by atoms with Gasteiger partial charge in [-0.15, -0.1) is 0 Å². The highest BCUT2D eigenvalue weighted by molar-refractivity contribution is 7.89. The molecule has 0 aromatic heterocycles. The minimum absolute atomic E-state index is 0.140. The topological polar surface area (TPSA) is 101 Å². The molecule has 1 amide bonds. The summed E-state index contributed by atoms with van der Waals surface area (Å²) in [5.74, 6) is 0.931. The number of aryl methyl sites for hydroxylation is 1. The number of nitrogens with one attached hydrogen (secondary N) is 1. The number of rotatable bonds is 8. The van der Waals surface area contributed by atoms with E-state index in [0.29, 0.717) is 48.3 Å². The lowest BCUT2D eigenvalue weighted by molar-refractivity contribution is -0.122. The number of hydrogen-bond acceptors (Lipinski definition) is 7. The van der Waals surface area contributed by atoms with E-state index in [1.54, 1.807) is 57.5 Å². The Balaban J connectivity index is 1.52. The third-order valence-corrected chi connectivity index (χ3v) is 7.42. The predicted molar refractivity (Wildman–Crippen MR) is 126 cm³/mol. The number of ether oxygens (including phenoxy) is 2. The lowest BCUT2D eigenvalue weighted by atomic mass is 10.1. The van der Waals surface area contributed by atoms with Crippen LogP contribution in [0.4, 0.5) is 0 Å². The SMILES string of the molecule is COc1ccc(/C(C)=N/NC(=O)CN2CCN(S(=O)(=O)c3ccc(C)cc3)CC2)cc1OC. The van der Waals surface area contributed by atoms with Crippen molar-refractivity contribution in [2.45, 2.75) is 18.7 Å². The minimum atomic E-state index is -3.53. The highest BCUT2D eigenvalue weighted by Gasteiger charge is 2.29. The molecule has 1 saturated heterocycles. The molecule has 0 saturated carbocycles. The standard InChI is InChI=1S/C23H30N4O5S/c1-17-5-8-20(9-6-17)33(29,30)27-13-11-26(12-14-27)16-23(28)25-24-18(2)19-7-10-21(31-3)22(15-19)32-4/h5-10,15H,11-14,16H2,1-4H3,(H,25,28)/b24-18+. The molecule has 1 fully saturated rings. The largest absolute Gasteiger partial charge is 0.493 e. The molecule has 3 rings (SSSR count). The average Bonchev–Trinajstić information content (AvgIpc) is 2.82. The second kappa shape index (κ2) is 10.8. The van der Waals surface area contributed by atoms with Crippen LogP contribution in [0.15, 0.2) is 52.5 Å². The zero-order valence-corrected chi connectivity index (χ0v) is 20.2. The Kier molecular flexibility index (Phi) is 8.06. The molecular formula is C23H30N4O5S. The summed E-state index contributed by atoms with van der Waals surface area (Å²) in [4.78, 5) is 14.6. The van der Waals surface area contributed by atoms with Gasteiger partial charge in [0.25, 0.3) is 5.91 Å². The second-order valence-electron chi connectivity index (χ2n) is 7.80. The van der Waals surface area contributed by atoms with Crippen LogP contribution in [0.25, 0.3) is 0 Å². The molecule has 33 heavy (non-hydrogen) atoms. The molecule has 0 aliphatic carbocycles. The predicted octanol–water partition coefficient (Wildman–Crippen LogP) is 1.86. The normalized spacial score (nSPS) is 15.8. The molecule has 2 aromatic carbocycles. The van der Waals surface area contributed by atoms with Crippen LogP contribution in [0.5, 0.6) is 11.5 Å². The van der Waals surface area contributed by atoms with Crippen LogP contribution >= 0.6 is 0 Å². The summed E-state index contributed by atoms with van der Waals surface area (Å²) in [5, 5.41) is 4.18. The minimum Gasteiger partial charge on any atom is -0.493 e. The first-order valence-corrected chi connectivity index (χ1v) is 12.0. The molecular weight excluding hydrogens is 444 g/mol. The molecule has 178 valence electrons. The van der Waals surface area contributed by atoms with Crippen molar-refractivity contribution in [3.05, 3.63) is 53.6 Å². The fraction of sp³-hybridized carbons (Fsp3) is 0.391. The molecule has 2 aromatic rings. The van der Waals surface area contributed by atoms with Crippen molar-refractivity contribution in [1.82, 2.24) is 14.6 Å². The number of benzene rings is 2. The number of hydrazone groups is 1. The van der Waals surface area contributed by atoms with E-state index in [2.05, 4.69) is 10.5 Å². The number of hydrogen-bond donors (Lipinski definition) is 1.